The van der Waals surface area contributed by atoms with Gasteiger partial charge in [-0.3, -0.25) is 14.8 Å². The molecule has 0 spiro atoms. The van der Waals surface area contributed by atoms with Gasteiger partial charge in [-0.1, -0.05) is 26.0 Å². The molecule has 24 heavy (non-hydrogen) atoms. The Labute approximate surface area is 140 Å². The molecule has 3 aliphatic carbocycles. The SMILES string of the molecule is CC1(C)[C@H]2CC=C(/C=N\NC(=O)c3cccc(C(=O)NO)c3)[C@@H]1C2. The standard InChI is InChI=1S/C18H21N3O3/c1-18(2)14-7-6-13(15(18)9-14)10-19-20-16(22)11-4-3-5-12(8-11)17(23)21-24/h3-6,8,10,14-15,24H,7,9H2,1-2H3,(H,20,22)(H,21,23)/b19-10-/t14-,15-/m0/s1. The number of allylic oxidation sites excluding steroid dienone is 2. The fourth-order valence-corrected chi connectivity index (χ4v) is 3.64. The largest absolute Gasteiger partial charge is 0.288 e. The third-order valence-corrected chi connectivity index (χ3v) is 5.38. The summed E-state index contributed by atoms with van der Waals surface area (Å²) in [5.74, 6) is 0.200. The maximum absolute atomic E-state index is 12.1. The number of hydrazone groups is 1. The van der Waals surface area contributed by atoms with Crippen LogP contribution in [0.25, 0.3) is 0 Å². The number of nitrogens with one attached hydrogen (secondary N) is 2. The van der Waals surface area contributed by atoms with E-state index in [4.69, 9.17) is 5.21 Å². The lowest BCUT2D eigenvalue weighted by Crippen LogP contribution is -2.48. The van der Waals surface area contributed by atoms with Crippen molar-refractivity contribution in [1.82, 2.24) is 10.9 Å². The molecule has 6 heteroatoms. The second-order valence-corrected chi connectivity index (χ2v) is 6.97. The molecule has 0 unspecified atom stereocenters. The molecule has 0 saturated heterocycles. The fourth-order valence-electron chi connectivity index (χ4n) is 3.64. The van der Waals surface area contributed by atoms with Crippen molar-refractivity contribution in [3.05, 3.63) is 47.0 Å². The molecule has 2 atom stereocenters. The second-order valence-electron chi connectivity index (χ2n) is 6.97. The molecule has 0 heterocycles. The molecule has 1 aromatic carbocycles. The van der Waals surface area contributed by atoms with Crippen LogP contribution in [0.3, 0.4) is 0 Å². The molecule has 4 rings (SSSR count). The van der Waals surface area contributed by atoms with Crippen LogP contribution in [-0.2, 0) is 0 Å². The smallest absolute Gasteiger partial charge is 0.274 e. The fraction of sp³-hybridized carbons (Fsp3) is 0.389. The van der Waals surface area contributed by atoms with E-state index in [0.29, 0.717) is 16.9 Å². The van der Waals surface area contributed by atoms with E-state index in [9.17, 15) is 9.59 Å². The summed E-state index contributed by atoms with van der Waals surface area (Å²) in [5.41, 5.74) is 6.02. The van der Waals surface area contributed by atoms with Crippen LogP contribution in [-0.4, -0.2) is 23.2 Å². The van der Waals surface area contributed by atoms with Gasteiger partial charge in [0.1, 0.15) is 0 Å². The molecule has 2 bridgehead atoms. The Hall–Kier alpha value is -2.47. The summed E-state index contributed by atoms with van der Waals surface area (Å²) in [4.78, 5) is 23.5. The lowest BCUT2D eigenvalue weighted by Gasteiger charge is -2.55. The molecule has 1 aromatic rings. The van der Waals surface area contributed by atoms with Crippen LogP contribution < -0.4 is 10.9 Å². The van der Waals surface area contributed by atoms with Crippen molar-refractivity contribution in [3.8, 4) is 0 Å². The van der Waals surface area contributed by atoms with E-state index in [2.05, 4.69) is 30.5 Å². The first-order valence-corrected chi connectivity index (χ1v) is 8.01. The lowest BCUT2D eigenvalue weighted by atomic mass is 9.49. The van der Waals surface area contributed by atoms with Gasteiger partial charge in [-0.25, -0.2) is 10.9 Å². The van der Waals surface area contributed by atoms with Crippen LogP contribution in [0.5, 0.6) is 0 Å². The van der Waals surface area contributed by atoms with Gasteiger partial charge in [0.25, 0.3) is 11.8 Å². The molecule has 3 N–H and O–H groups in total. The summed E-state index contributed by atoms with van der Waals surface area (Å²) in [6, 6.07) is 6.06. The zero-order valence-corrected chi connectivity index (χ0v) is 13.7. The van der Waals surface area contributed by atoms with Crippen LogP contribution in [0.15, 0.2) is 41.0 Å². The summed E-state index contributed by atoms with van der Waals surface area (Å²) < 4.78 is 0. The van der Waals surface area contributed by atoms with Gasteiger partial charge in [0.05, 0.1) is 6.21 Å². The highest BCUT2D eigenvalue weighted by molar-refractivity contribution is 5.99. The van der Waals surface area contributed by atoms with E-state index in [-0.39, 0.29) is 5.56 Å². The monoisotopic (exact) mass is 327 g/mol. The van der Waals surface area contributed by atoms with Crippen LogP contribution >= 0.6 is 0 Å². The van der Waals surface area contributed by atoms with Crippen LogP contribution in [0.1, 0.15) is 47.4 Å². The number of nitrogens with zero attached hydrogens (tertiary/aromatic N) is 1. The molecule has 1 saturated carbocycles. The number of benzene rings is 1. The van der Waals surface area contributed by atoms with Crippen LogP contribution in [0, 0.1) is 17.3 Å². The number of hydroxylamine groups is 1. The van der Waals surface area contributed by atoms with Gasteiger partial charge in [-0.2, -0.15) is 5.10 Å². The number of carbonyl (C=O) groups excluding carboxylic acids is 2. The first-order chi connectivity index (χ1) is 11.4. The zero-order valence-electron chi connectivity index (χ0n) is 13.7. The average molecular weight is 327 g/mol. The minimum atomic E-state index is -0.665. The van der Waals surface area contributed by atoms with E-state index in [1.165, 1.54) is 24.1 Å². The first-order valence-electron chi connectivity index (χ1n) is 8.01. The number of fused-ring (bicyclic) bond motifs is 1. The Kier molecular flexibility index (Phi) is 4.24. The minimum Gasteiger partial charge on any atom is -0.288 e. The average Bonchev–Trinajstić information content (AvgIpc) is 2.61. The molecule has 126 valence electrons. The Morgan fingerprint density at radius 3 is 2.62 bits per heavy atom. The van der Waals surface area contributed by atoms with Crippen molar-refractivity contribution < 1.29 is 14.8 Å². The quantitative estimate of drug-likeness (QED) is 0.451. The molecule has 3 aliphatic rings. The molecule has 0 radical (unpaired) electrons. The number of hydrogen-bond acceptors (Lipinski definition) is 4. The third-order valence-electron chi connectivity index (χ3n) is 5.38. The number of hydrogen-bond donors (Lipinski definition) is 3. The minimum absolute atomic E-state index is 0.200. The number of carbonyl (C=O) groups is 2. The summed E-state index contributed by atoms with van der Waals surface area (Å²) >= 11 is 0. The Bertz CT molecular complexity index is 737. The van der Waals surface area contributed by atoms with Crippen molar-refractivity contribution in [2.45, 2.75) is 26.7 Å². The van der Waals surface area contributed by atoms with Gasteiger partial charge in [0, 0.05) is 11.1 Å². The predicted octanol–water partition coefficient (Wildman–Crippen LogP) is 2.51. The molecular weight excluding hydrogens is 306 g/mol. The van der Waals surface area contributed by atoms with Crippen molar-refractivity contribution >= 4 is 18.0 Å². The summed E-state index contributed by atoms with van der Waals surface area (Å²) in [6.45, 7) is 4.56. The Morgan fingerprint density at radius 2 is 2.00 bits per heavy atom. The maximum Gasteiger partial charge on any atom is 0.274 e. The van der Waals surface area contributed by atoms with E-state index in [0.717, 1.165) is 12.3 Å². The van der Waals surface area contributed by atoms with Gasteiger partial charge in [-0.05, 0) is 53.9 Å². The van der Waals surface area contributed by atoms with E-state index in [1.807, 2.05) is 0 Å². The van der Waals surface area contributed by atoms with E-state index >= 15 is 0 Å². The predicted molar refractivity (Wildman–Crippen MR) is 89.7 cm³/mol. The zero-order chi connectivity index (χ0) is 17.3. The Balaban J connectivity index is 1.64. The summed E-state index contributed by atoms with van der Waals surface area (Å²) in [7, 11) is 0. The van der Waals surface area contributed by atoms with Crippen molar-refractivity contribution in [3.63, 3.8) is 0 Å². The van der Waals surface area contributed by atoms with Gasteiger partial charge in [0.2, 0.25) is 0 Å². The highest BCUT2D eigenvalue weighted by atomic mass is 16.5. The number of rotatable bonds is 4. The normalized spacial score (nSPS) is 24.0. The molecule has 2 amide bonds. The highest BCUT2D eigenvalue weighted by Gasteiger charge is 2.50. The van der Waals surface area contributed by atoms with Gasteiger partial charge < -0.3 is 0 Å². The number of amides is 2. The summed E-state index contributed by atoms with van der Waals surface area (Å²) in [6.07, 6.45) is 6.18. The maximum atomic E-state index is 12.1. The Morgan fingerprint density at radius 1 is 1.29 bits per heavy atom. The van der Waals surface area contributed by atoms with Crippen LogP contribution in [0.2, 0.25) is 0 Å². The molecule has 0 aliphatic heterocycles. The molecule has 6 nitrogen and oxygen atoms in total. The van der Waals surface area contributed by atoms with Crippen molar-refractivity contribution in [1.29, 1.82) is 0 Å². The first kappa shape index (κ1) is 16.4. The molecular formula is C18H21N3O3. The van der Waals surface area contributed by atoms with Gasteiger partial charge in [-0.15, -0.1) is 0 Å². The lowest BCUT2D eigenvalue weighted by molar-refractivity contribution is -0.00126. The molecule has 0 aromatic heterocycles. The van der Waals surface area contributed by atoms with E-state index in [1.54, 1.807) is 23.8 Å². The second kappa shape index (κ2) is 6.20. The van der Waals surface area contributed by atoms with Gasteiger partial charge >= 0.3 is 0 Å². The molecule has 1 fully saturated rings. The van der Waals surface area contributed by atoms with Gasteiger partial charge in [0.15, 0.2) is 0 Å². The van der Waals surface area contributed by atoms with Crippen molar-refractivity contribution in [2.75, 3.05) is 0 Å². The van der Waals surface area contributed by atoms with Crippen molar-refractivity contribution in [2.24, 2.45) is 22.4 Å². The van der Waals surface area contributed by atoms with Crippen LogP contribution in [0.4, 0.5) is 0 Å². The third kappa shape index (κ3) is 2.85. The summed E-state index contributed by atoms with van der Waals surface area (Å²) in [5, 5.41) is 12.7. The highest BCUT2D eigenvalue weighted by Crippen LogP contribution is 2.58. The topological polar surface area (TPSA) is 90.8 Å². The van der Waals surface area contributed by atoms with E-state index < -0.39 is 11.8 Å².